The zero-order valence-corrected chi connectivity index (χ0v) is 22.9. The fraction of sp³-hybridized carbons (Fsp3) is 0.129. The maximum Gasteiger partial charge on any atom is 0.264 e. The second kappa shape index (κ2) is 10.2. The Kier molecular flexibility index (Phi) is 6.46. The van der Waals surface area contributed by atoms with Crippen LogP contribution in [0.5, 0.6) is 0 Å². The Balaban J connectivity index is 1.48. The first-order valence-corrected chi connectivity index (χ1v) is 13.6. The fourth-order valence-corrected chi connectivity index (χ4v) is 5.34. The van der Waals surface area contributed by atoms with E-state index in [-0.39, 0.29) is 11.5 Å². The van der Waals surface area contributed by atoms with Gasteiger partial charge in [-0.3, -0.25) is 14.2 Å². The van der Waals surface area contributed by atoms with E-state index in [1.807, 2.05) is 68.4 Å². The predicted molar refractivity (Wildman–Crippen MR) is 156 cm³/mol. The van der Waals surface area contributed by atoms with Crippen molar-refractivity contribution in [2.75, 3.05) is 0 Å². The Bertz CT molecular complexity index is 2030. The first kappa shape index (κ1) is 25.2. The number of carbonyl (C=O) groups is 1. The van der Waals surface area contributed by atoms with E-state index in [1.54, 1.807) is 40.0 Å². The molecule has 0 aliphatic rings. The summed E-state index contributed by atoms with van der Waals surface area (Å²) in [6.07, 6.45) is 3.38. The van der Waals surface area contributed by atoms with Crippen LogP contribution in [0, 0.1) is 25.7 Å². The summed E-state index contributed by atoms with van der Waals surface area (Å²) in [5.74, 6) is 5.97. The highest BCUT2D eigenvalue weighted by Gasteiger charge is 2.23. The van der Waals surface area contributed by atoms with Crippen molar-refractivity contribution in [1.29, 1.82) is 0 Å². The number of nitrogens with zero attached hydrogens (tertiary/aromatic N) is 5. The van der Waals surface area contributed by atoms with Gasteiger partial charge in [0.2, 0.25) is 0 Å². The SMILES string of the molecule is Cc1nn2cccnc2c1C(=O)NC(C)c1cc2cccc(C#Cc3ncsc3C)c2c(=O)n1-c1ccccc1. The van der Waals surface area contributed by atoms with Gasteiger partial charge in [-0.05, 0) is 62.4 Å². The summed E-state index contributed by atoms with van der Waals surface area (Å²) in [6, 6.07) is 18.2. The molecule has 1 unspecified atom stereocenters. The summed E-state index contributed by atoms with van der Waals surface area (Å²) in [5, 5.41) is 8.73. The first-order valence-electron chi connectivity index (χ1n) is 12.7. The largest absolute Gasteiger partial charge is 0.344 e. The summed E-state index contributed by atoms with van der Waals surface area (Å²) in [7, 11) is 0. The Morgan fingerprint density at radius 3 is 2.62 bits per heavy atom. The van der Waals surface area contributed by atoms with Crippen LogP contribution in [0.1, 0.15) is 50.8 Å². The van der Waals surface area contributed by atoms with E-state index in [0.717, 1.165) is 10.3 Å². The van der Waals surface area contributed by atoms with Crippen molar-refractivity contribution in [2.45, 2.75) is 26.8 Å². The fourth-order valence-electron chi connectivity index (χ4n) is 4.81. The van der Waals surface area contributed by atoms with Crippen LogP contribution < -0.4 is 10.9 Å². The molecular weight excluding hydrogens is 520 g/mol. The molecule has 0 radical (unpaired) electrons. The van der Waals surface area contributed by atoms with E-state index in [4.69, 9.17) is 0 Å². The number of pyridine rings is 1. The number of hydrogen-bond acceptors (Lipinski definition) is 6. The number of benzene rings is 2. The minimum Gasteiger partial charge on any atom is -0.344 e. The van der Waals surface area contributed by atoms with Gasteiger partial charge in [0.1, 0.15) is 11.3 Å². The molecule has 4 heterocycles. The van der Waals surface area contributed by atoms with Crippen LogP contribution in [0.3, 0.4) is 0 Å². The van der Waals surface area contributed by atoms with Crippen LogP contribution in [0.15, 0.2) is 83.4 Å². The number of thiazole rings is 1. The molecule has 196 valence electrons. The van der Waals surface area contributed by atoms with Crippen molar-refractivity contribution >= 4 is 33.7 Å². The van der Waals surface area contributed by atoms with Crippen molar-refractivity contribution in [3.63, 3.8) is 0 Å². The molecular formula is C31H24N6O2S. The molecule has 0 aliphatic carbocycles. The monoisotopic (exact) mass is 544 g/mol. The van der Waals surface area contributed by atoms with Gasteiger partial charge in [0.25, 0.3) is 11.5 Å². The average Bonchev–Trinajstić information content (AvgIpc) is 3.53. The van der Waals surface area contributed by atoms with Crippen LogP contribution in [0.2, 0.25) is 0 Å². The van der Waals surface area contributed by atoms with Gasteiger partial charge >= 0.3 is 0 Å². The van der Waals surface area contributed by atoms with Gasteiger partial charge in [-0.2, -0.15) is 5.10 Å². The second-order valence-electron chi connectivity index (χ2n) is 9.37. The molecule has 40 heavy (non-hydrogen) atoms. The Labute approximate surface area is 234 Å². The third-order valence-electron chi connectivity index (χ3n) is 6.74. The number of hydrogen-bond donors (Lipinski definition) is 1. The third-order valence-corrected chi connectivity index (χ3v) is 7.50. The van der Waals surface area contributed by atoms with Gasteiger partial charge in [-0.1, -0.05) is 36.3 Å². The standard InChI is InChI=1S/C31H24N6O2S/c1-19(34-30(38)27-20(2)35-36-16-8-15-32-29(27)36)26-17-23-10-7-9-22(13-14-25-21(3)40-18-33-25)28(23)31(39)37(26)24-11-5-4-6-12-24/h4-12,15-19H,1-3H3,(H,34,38). The summed E-state index contributed by atoms with van der Waals surface area (Å²) in [6.45, 7) is 5.61. The molecule has 0 bridgehead atoms. The van der Waals surface area contributed by atoms with Gasteiger partial charge in [-0.25, -0.2) is 14.5 Å². The highest BCUT2D eigenvalue weighted by atomic mass is 32.1. The molecule has 0 aliphatic heterocycles. The molecule has 9 heteroatoms. The highest BCUT2D eigenvalue weighted by Crippen LogP contribution is 2.24. The van der Waals surface area contributed by atoms with Crippen molar-refractivity contribution in [3.8, 4) is 17.5 Å². The van der Waals surface area contributed by atoms with E-state index >= 15 is 0 Å². The molecule has 6 rings (SSSR count). The number of carbonyl (C=O) groups excluding carboxylic acids is 1. The lowest BCUT2D eigenvalue weighted by Gasteiger charge is -2.21. The molecule has 8 nitrogen and oxygen atoms in total. The zero-order chi connectivity index (χ0) is 27.8. The van der Waals surface area contributed by atoms with Crippen LogP contribution >= 0.6 is 11.3 Å². The van der Waals surface area contributed by atoms with E-state index in [9.17, 15) is 9.59 Å². The quantitative estimate of drug-likeness (QED) is 0.315. The molecule has 0 saturated carbocycles. The summed E-state index contributed by atoms with van der Waals surface area (Å²) in [4.78, 5) is 37.4. The number of rotatable bonds is 4. The number of nitrogens with one attached hydrogen (secondary N) is 1. The number of para-hydroxylation sites is 1. The van der Waals surface area contributed by atoms with E-state index < -0.39 is 6.04 Å². The summed E-state index contributed by atoms with van der Waals surface area (Å²) >= 11 is 1.53. The van der Waals surface area contributed by atoms with E-state index in [0.29, 0.717) is 44.9 Å². The predicted octanol–water partition coefficient (Wildman–Crippen LogP) is 5.00. The number of fused-ring (bicyclic) bond motifs is 2. The molecule has 1 amide bonds. The minimum absolute atomic E-state index is 0.214. The Morgan fingerprint density at radius 1 is 1.02 bits per heavy atom. The summed E-state index contributed by atoms with van der Waals surface area (Å²) in [5.41, 5.74) is 5.65. The molecule has 2 aromatic carbocycles. The Hall–Kier alpha value is -5.07. The van der Waals surface area contributed by atoms with Crippen molar-refractivity contribution in [2.24, 2.45) is 0 Å². The lowest BCUT2D eigenvalue weighted by molar-refractivity contribution is 0.0939. The topological polar surface area (TPSA) is 94.2 Å². The van der Waals surface area contributed by atoms with Gasteiger partial charge in [0, 0.05) is 34.2 Å². The normalized spacial score (nSPS) is 11.8. The van der Waals surface area contributed by atoms with Gasteiger partial charge in [0.05, 0.1) is 22.6 Å². The van der Waals surface area contributed by atoms with Crippen molar-refractivity contribution in [3.05, 3.63) is 122 Å². The van der Waals surface area contributed by atoms with Crippen LogP contribution in [0.4, 0.5) is 0 Å². The molecule has 0 fully saturated rings. The highest BCUT2D eigenvalue weighted by molar-refractivity contribution is 7.09. The van der Waals surface area contributed by atoms with Gasteiger partial charge in [-0.15, -0.1) is 11.3 Å². The van der Waals surface area contributed by atoms with Crippen molar-refractivity contribution < 1.29 is 4.79 Å². The second-order valence-corrected chi connectivity index (χ2v) is 10.4. The third kappa shape index (κ3) is 4.44. The minimum atomic E-state index is -0.518. The smallest absolute Gasteiger partial charge is 0.264 e. The molecule has 1 N–H and O–H groups in total. The Morgan fingerprint density at radius 2 is 1.85 bits per heavy atom. The summed E-state index contributed by atoms with van der Waals surface area (Å²) < 4.78 is 3.23. The zero-order valence-electron chi connectivity index (χ0n) is 22.0. The molecule has 4 aromatic heterocycles. The van der Waals surface area contributed by atoms with Crippen molar-refractivity contribution in [1.82, 2.24) is 29.5 Å². The van der Waals surface area contributed by atoms with E-state index in [1.165, 1.54) is 11.3 Å². The molecule has 0 spiro atoms. The van der Waals surface area contributed by atoms with Crippen LogP contribution in [-0.4, -0.2) is 30.1 Å². The maximum atomic E-state index is 14.2. The molecule has 1 atom stereocenters. The molecule has 6 aromatic rings. The van der Waals surface area contributed by atoms with E-state index in [2.05, 4.69) is 32.2 Å². The van der Waals surface area contributed by atoms with Gasteiger partial charge in [0.15, 0.2) is 5.65 Å². The van der Waals surface area contributed by atoms with Crippen LogP contribution in [-0.2, 0) is 0 Å². The lowest BCUT2D eigenvalue weighted by Crippen LogP contribution is -2.32. The van der Waals surface area contributed by atoms with Crippen LogP contribution in [0.25, 0.3) is 22.1 Å². The first-order chi connectivity index (χ1) is 19.4. The number of aryl methyl sites for hydroxylation is 2. The lowest BCUT2D eigenvalue weighted by atomic mass is 10.0. The molecule has 0 saturated heterocycles. The average molecular weight is 545 g/mol. The maximum absolute atomic E-state index is 14.2. The number of aromatic nitrogens is 5. The number of amides is 1. The van der Waals surface area contributed by atoms with Gasteiger partial charge < -0.3 is 5.32 Å².